The summed E-state index contributed by atoms with van der Waals surface area (Å²) in [4.78, 5) is 4.30. The Labute approximate surface area is 215 Å². The normalized spacial score (nSPS) is 11.6. The predicted octanol–water partition coefficient (Wildman–Crippen LogP) is 7.49. The first kappa shape index (κ1) is 24.5. The highest BCUT2D eigenvalue weighted by molar-refractivity contribution is 6.30. The molecule has 0 bridgehead atoms. The van der Waals surface area contributed by atoms with Crippen LogP contribution in [0.25, 0.3) is 21.9 Å². The molecule has 0 fully saturated rings. The average molecular weight is 500 g/mol. The van der Waals surface area contributed by atoms with E-state index < -0.39 is 0 Å². The van der Waals surface area contributed by atoms with Gasteiger partial charge in [0.15, 0.2) is 0 Å². The summed E-state index contributed by atoms with van der Waals surface area (Å²) in [6.07, 6.45) is 3.23. The van der Waals surface area contributed by atoms with E-state index in [0.717, 1.165) is 38.7 Å². The molecule has 1 unspecified atom stereocenters. The number of rotatable bonds is 6. The van der Waals surface area contributed by atoms with E-state index in [9.17, 15) is 5.26 Å². The Kier molecular flexibility index (Phi) is 7.53. The van der Waals surface area contributed by atoms with Crippen LogP contribution in [-0.2, 0) is 18.4 Å². The SMILES string of the molecule is Cl.Cn1cncc1C(OCc1ccc(Cl)cc1)c1ccc(C#N)c(-c2cccc3ccccc23)c1. The molecule has 5 aromatic rings. The molecule has 0 radical (unpaired) electrons. The number of benzene rings is 4. The fourth-order valence-corrected chi connectivity index (χ4v) is 4.36. The summed E-state index contributed by atoms with van der Waals surface area (Å²) >= 11 is 6.04. The molecule has 0 saturated heterocycles. The van der Waals surface area contributed by atoms with E-state index in [1.807, 2.05) is 72.4 Å². The Hall–Kier alpha value is -3.62. The Morgan fingerprint density at radius 1 is 0.971 bits per heavy atom. The van der Waals surface area contributed by atoms with Gasteiger partial charge in [0.1, 0.15) is 6.10 Å². The van der Waals surface area contributed by atoms with Crippen LogP contribution in [0.1, 0.15) is 28.5 Å². The molecule has 6 heteroatoms. The largest absolute Gasteiger partial charge is 0.363 e. The minimum atomic E-state index is -0.357. The summed E-state index contributed by atoms with van der Waals surface area (Å²) in [5.41, 5.74) is 5.46. The molecule has 0 aliphatic carbocycles. The molecule has 0 spiro atoms. The Balaban J connectivity index is 0.00000289. The summed E-state index contributed by atoms with van der Waals surface area (Å²) in [5, 5.41) is 12.8. The third-order valence-electron chi connectivity index (χ3n) is 6.00. The van der Waals surface area contributed by atoms with E-state index in [2.05, 4.69) is 41.4 Å². The van der Waals surface area contributed by atoms with Crippen LogP contribution in [0.5, 0.6) is 0 Å². The molecule has 0 saturated carbocycles. The van der Waals surface area contributed by atoms with Crippen LogP contribution in [0, 0.1) is 11.3 Å². The third kappa shape index (κ3) is 5.08. The number of halogens is 2. The lowest BCUT2D eigenvalue weighted by Crippen LogP contribution is -2.11. The van der Waals surface area contributed by atoms with Crippen molar-refractivity contribution in [1.82, 2.24) is 9.55 Å². The average Bonchev–Trinajstić information content (AvgIpc) is 3.30. The summed E-state index contributed by atoms with van der Waals surface area (Å²) in [6, 6.07) is 30.3. The lowest BCUT2D eigenvalue weighted by Gasteiger charge is -2.21. The molecule has 174 valence electrons. The number of nitrogens with zero attached hydrogens (tertiary/aromatic N) is 3. The van der Waals surface area contributed by atoms with Gasteiger partial charge in [0, 0.05) is 17.6 Å². The van der Waals surface area contributed by atoms with E-state index in [-0.39, 0.29) is 18.5 Å². The predicted molar refractivity (Wildman–Crippen MR) is 143 cm³/mol. The maximum absolute atomic E-state index is 9.88. The number of fused-ring (bicyclic) bond motifs is 1. The Morgan fingerprint density at radius 2 is 1.74 bits per heavy atom. The molecular weight excluding hydrogens is 477 g/mol. The van der Waals surface area contributed by atoms with Gasteiger partial charge in [0.2, 0.25) is 0 Å². The van der Waals surface area contributed by atoms with E-state index in [4.69, 9.17) is 16.3 Å². The van der Waals surface area contributed by atoms with Crippen LogP contribution in [0.15, 0.2) is 97.5 Å². The first-order valence-corrected chi connectivity index (χ1v) is 11.4. The first-order valence-electron chi connectivity index (χ1n) is 11.0. The second kappa shape index (κ2) is 10.8. The lowest BCUT2D eigenvalue weighted by atomic mass is 9.92. The maximum Gasteiger partial charge on any atom is 0.124 e. The van der Waals surface area contributed by atoms with Crippen LogP contribution in [0.2, 0.25) is 5.02 Å². The van der Waals surface area contributed by atoms with Crippen molar-refractivity contribution in [3.8, 4) is 17.2 Å². The molecule has 0 aliphatic rings. The maximum atomic E-state index is 9.88. The van der Waals surface area contributed by atoms with Gasteiger partial charge in [-0.25, -0.2) is 4.98 Å². The lowest BCUT2D eigenvalue weighted by molar-refractivity contribution is 0.0622. The number of hydrogen-bond acceptors (Lipinski definition) is 3. The number of aromatic nitrogens is 2. The smallest absolute Gasteiger partial charge is 0.124 e. The minimum absolute atomic E-state index is 0. The highest BCUT2D eigenvalue weighted by Crippen LogP contribution is 2.35. The molecule has 5 rings (SSSR count). The molecule has 1 atom stereocenters. The number of hydrogen-bond donors (Lipinski definition) is 0. The van der Waals surface area contributed by atoms with Crippen molar-refractivity contribution < 1.29 is 4.74 Å². The zero-order valence-corrected chi connectivity index (χ0v) is 20.6. The van der Waals surface area contributed by atoms with Crippen LogP contribution < -0.4 is 0 Å². The van der Waals surface area contributed by atoms with Gasteiger partial charge in [0.25, 0.3) is 0 Å². The monoisotopic (exact) mass is 499 g/mol. The van der Waals surface area contributed by atoms with Gasteiger partial charge in [-0.2, -0.15) is 5.26 Å². The van der Waals surface area contributed by atoms with Crippen LogP contribution in [-0.4, -0.2) is 9.55 Å². The van der Waals surface area contributed by atoms with Gasteiger partial charge in [-0.3, -0.25) is 0 Å². The van der Waals surface area contributed by atoms with Gasteiger partial charge in [-0.15, -0.1) is 12.4 Å². The fourth-order valence-electron chi connectivity index (χ4n) is 4.24. The molecule has 0 N–H and O–H groups in total. The summed E-state index contributed by atoms with van der Waals surface area (Å²) in [5.74, 6) is 0. The summed E-state index contributed by atoms with van der Waals surface area (Å²) < 4.78 is 8.41. The zero-order chi connectivity index (χ0) is 23.5. The van der Waals surface area contributed by atoms with E-state index in [1.54, 1.807) is 6.33 Å². The summed E-state index contributed by atoms with van der Waals surface area (Å²) in [7, 11) is 1.95. The van der Waals surface area contributed by atoms with Crippen molar-refractivity contribution in [2.75, 3.05) is 0 Å². The van der Waals surface area contributed by atoms with Crippen LogP contribution in [0.3, 0.4) is 0 Å². The number of ether oxygens (including phenoxy) is 1. The molecule has 0 aliphatic heterocycles. The molecule has 35 heavy (non-hydrogen) atoms. The molecule has 1 aromatic heterocycles. The minimum Gasteiger partial charge on any atom is -0.363 e. The number of imidazole rings is 1. The zero-order valence-electron chi connectivity index (χ0n) is 19.1. The Morgan fingerprint density at radius 3 is 2.49 bits per heavy atom. The van der Waals surface area contributed by atoms with Crippen molar-refractivity contribution in [3.63, 3.8) is 0 Å². The van der Waals surface area contributed by atoms with E-state index >= 15 is 0 Å². The van der Waals surface area contributed by atoms with Gasteiger partial charge in [-0.05, 0) is 51.7 Å². The molecule has 1 heterocycles. The Bertz CT molecular complexity index is 1500. The summed E-state index contributed by atoms with van der Waals surface area (Å²) in [6.45, 7) is 0.413. The van der Waals surface area contributed by atoms with Gasteiger partial charge in [0.05, 0.1) is 36.5 Å². The fraction of sp³-hybridized carbons (Fsp3) is 0.103. The molecule has 0 amide bonds. The molecular formula is C29H23Cl2N3O. The van der Waals surface area contributed by atoms with Crippen molar-refractivity contribution in [1.29, 1.82) is 5.26 Å². The topological polar surface area (TPSA) is 50.8 Å². The number of aryl methyl sites for hydroxylation is 1. The van der Waals surface area contributed by atoms with Crippen molar-refractivity contribution in [3.05, 3.63) is 125 Å². The van der Waals surface area contributed by atoms with Gasteiger partial charge in [-0.1, -0.05) is 72.3 Å². The molecule has 4 nitrogen and oxygen atoms in total. The standard InChI is InChI=1S/C29H22ClN3O.ClH/c1-33-19-32-17-28(33)29(34-18-20-9-13-24(30)14-10-20)22-11-12-23(16-31)27(15-22)26-8-4-6-21-5-2-3-7-25(21)26;/h2-15,17,19,29H,18H2,1H3;1H. The van der Waals surface area contributed by atoms with Gasteiger partial charge < -0.3 is 9.30 Å². The second-order valence-electron chi connectivity index (χ2n) is 8.19. The van der Waals surface area contributed by atoms with E-state index in [0.29, 0.717) is 17.2 Å². The van der Waals surface area contributed by atoms with Gasteiger partial charge >= 0.3 is 0 Å². The quantitative estimate of drug-likeness (QED) is 0.243. The van der Waals surface area contributed by atoms with Crippen molar-refractivity contribution in [2.24, 2.45) is 7.05 Å². The van der Waals surface area contributed by atoms with E-state index in [1.165, 1.54) is 0 Å². The highest BCUT2D eigenvalue weighted by Gasteiger charge is 2.21. The first-order chi connectivity index (χ1) is 16.6. The van der Waals surface area contributed by atoms with Crippen LogP contribution >= 0.6 is 24.0 Å². The van der Waals surface area contributed by atoms with Crippen molar-refractivity contribution in [2.45, 2.75) is 12.7 Å². The number of nitriles is 1. The van der Waals surface area contributed by atoms with Crippen LogP contribution in [0.4, 0.5) is 0 Å². The van der Waals surface area contributed by atoms with Crippen molar-refractivity contribution >= 4 is 34.8 Å². The second-order valence-corrected chi connectivity index (χ2v) is 8.63. The third-order valence-corrected chi connectivity index (χ3v) is 6.25. The highest BCUT2D eigenvalue weighted by atomic mass is 35.5. The molecule has 4 aromatic carbocycles.